The number of carbonyl (C=O) groups is 1. The van der Waals surface area contributed by atoms with E-state index in [0.717, 1.165) is 24.1 Å². The van der Waals surface area contributed by atoms with E-state index in [9.17, 15) is 9.90 Å². The van der Waals surface area contributed by atoms with Gasteiger partial charge in [0.25, 0.3) is 0 Å². The van der Waals surface area contributed by atoms with Gasteiger partial charge in [-0.3, -0.25) is 4.79 Å². The van der Waals surface area contributed by atoms with Gasteiger partial charge in [0.05, 0.1) is 12.5 Å². The molecule has 1 aromatic rings. The van der Waals surface area contributed by atoms with Crippen LogP contribution in [-0.2, 0) is 11.2 Å². The highest BCUT2D eigenvalue weighted by Crippen LogP contribution is 2.23. The summed E-state index contributed by atoms with van der Waals surface area (Å²) in [7, 11) is 0. The van der Waals surface area contributed by atoms with E-state index in [4.69, 9.17) is 0 Å². The van der Waals surface area contributed by atoms with E-state index in [1.807, 2.05) is 17.5 Å². The molecule has 2 unspecified atom stereocenters. The number of hydrogen-bond donors (Lipinski definition) is 2. The molecular formula is C13H19NO2S. The molecule has 1 fully saturated rings. The van der Waals surface area contributed by atoms with Crippen LogP contribution in [0.5, 0.6) is 0 Å². The van der Waals surface area contributed by atoms with Crippen LogP contribution in [0.4, 0.5) is 0 Å². The van der Waals surface area contributed by atoms with Gasteiger partial charge in [0.15, 0.2) is 0 Å². The molecule has 1 heterocycles. The molecule has 0 spiro atoms. The fourth-order valence-corrected chi connectivity index (χ4v) is 3.01. The zero-order valence-electron chi connectivity index (χ0n) is 9.89. The predicted molar refractivity (Wildman–Crippen MR) is 69.0 cm³/mol. The Hall–Kier alpha value is -0.870. The van der Waals surface area contributed by atoms with Gasteiger partial charge in [0.1, 0.15) is 0 Å². The van der Waals surface area contributed by atoms with Crippen LogP contribution in [0.3, 0.4) is 0 Å². The minimum absolute atomic E-state index is 0.0604. The predicted octanol–water partition coefficient (Wildman–Crippen LogP) is 1.96. The third-order valence-corrected chi connectivity index (χ3v) is 4.22. The quantitative estimate of drug-likeness (QED) is 0.861. The Morgan fingerprint density at radius 1 is 1.47 bits per heavy atom. The smallest absolute Gasteiger partial charge is 0.225 e. The van der Waals surface area contributed by atoms with Gasteiger partial charge in [-0.15, -0.1) is 11.3 Å². The largest absolute Gasteiger partial charge is 0.393 e. The van der Waals surface area contributed by atoms with E-state index >= 15 is 0 Å². The molecule has 3 nitrogen and oxygen atoms in total. The highest BCUT2D eigenvalue weighted by Gasteiger charge is 2.23. The summed E-state index contributed by atoms with van der Waals surface area (Å²) in [5.41, 5.74) is 0. The average Bonchev–Trinajstić information content (AvgIpc) is 2.81. The second-order valence-electron chi connectivity index (χ2n) is 4.67. The van der Waals surface area contributed by atoms with Gasteiger partial charge in [-0.25, -0.2) is 0 Å². The summed E-state index contributed by atoms with van der Waals surface area (Å²) in [5.74, 6) is 0.307. The molecule has 94 valence electrons. The molecule has 1 aliphatic carbocycles. The fourth-order valence-electron chi connectivity index (χ4n) is 2.31. The van der Waals surface area contributed by atoms with Crippen molar-refractivity contribution in [3.05, 3.63) is 22.4 Å². The van der Waals surface area contributed by atoms with Crippen molar-refractivity contribution in [2.24, 2.45) is 5.92 Å². The number of nitrogens with one attached hydrogen (secondary N) is 1. The molecule has 0 aromatic carbocycles. The zero-order chi connectivity index (χ0) is 12.1. The molecule has 17 heavy (non-hydrogen) atoms. The van der Waals surface area contributed by atoms with Gasteiger partial charge in [0, 0.05) is 17.3 Å². The lowest BCUT2D eigenvalue weighted by molar-refractivity contribution is -0.120. The second kappa shape index (κ2) is 6.17. The van der Waals surface area contributed by atoms with Crippen molar-refractivity contribution in [3.8, 4) is 0 Å². The van der Waals surface area contributed by atoms with E-state index < -0.39 is 0 Å². The van der Waals surface area contributed by atoms with Crippen LogP contribution < -0.4 is 5.32 Å². The van der Waals surface area contributed by atoms with Crippen molar-refractivity contribution in [1.29, 1.82) is 0 Å². The first-order valence-electron chi connectivity index (χ1n) is 6.23. The molecule has 1 saturated carbocycles. The Bertz CT molecular complexity index is 350. The van der Waals surface area contributed by atoms with Gasteiger partial charge < -0.3 is 10.4 Å². The molecule has 0 saturated heterocycles. The summed E-state index contributed by atoms with van der Waals surface area (Å²) < 4.78 is 0. The second-order valence-corrected chi connectivity index (χ2v) is 5.70. The van der Waals surface area contributed by atoms with Crippen molar-refractivity contribution < 1.29 is 9.90 Å². The van der Waals surface area contributed by atoms with E-state index in [1.165, 1.54) is 6.42 Å². The highest BCUT2D eigenvalue weighted by molar-refractivity contribution is 7.10. The summed E-state index contributed by atoms with van der Waals surface area (Å²) in [6, 6.07) is 3.93. The van der Waals surface area contributed by atoms with Crippen molar-refractivity contribution >= 4 is 17.2 Å². The van der Waals surface area contributed by atoms with E-state index in [-0.39, 0.29) is 17.9 Å². The highest BCUT2D eigenvalue weighted by atomic mass is 32.1. The normalized spacial score (nSPS) is 24.5. The van der Waals surface area contributed by atoms with Crippen LogP contribution in [-0.4, -0.2) is 23.7 Å². The van der Waals surface area contributed by atoms with Crippen LogP contribution >= 0.6 is 11.3 Å². The summed E-state index contributed by atoms with van der Waals surface area (Å²) in [6.45, 7) is 0.616. The van der Waals surface area contributed by atoms with Crippen LogP contribution in [0.25, 0.3) is 0 Å². The third-order valence-electron chi connectivity index (χ3n) is 3.35. The van der Waals surface area contributed by atoms with Crippen molar-refractivity contribution in [2.75, 3.05) is 6.54 Å². The molecule has 2 rings (SSSR count). The maximum atomic E-state index is 11.7. The van der Waals surface area contributed by atoms with E-state index in [1.54, 1.807) is 11.3 Å². The molecule has 2 N–H and O–H groups in total. The maximum Gasteiger partial charge on any atom is 0.225 e. The lowest BCUT2D eigenvalue weighted by Gasteiger charge is -2.27. The fraction of sp³-hybridized carbons (Fsp3) is 0.615. The minimum atomic E-state index is -0.231. The Morgan fingerprint density at radius 2 is 2.29 bits per heavy atom. The molecule has 0 radical (unpaired) electrons. The number of rotatable bonds is 4. The van der Waals surface area contributed by atoms with Crippen molar-refractivity contribution in [2.45, 2.75) is 38.2 Å². The van der Waals surface area contributed by atoms with Crippen LogP contribution in [0.2, 0.25) is 0 Å². The first kappa shape index (κ1) is 12.6. The topological polar surface area (TPSA) is 49.3 Å². The number of amides is 1. The Kier molecular flexibility index (Phi) is 4.57. The lowest BCUT2D eigenvalue weighted by atomic mass is 9.86. The van der Waals surface area contributed by atoms with Gasteiger partial charge in [-0.2, -0.15) is 0 Å². The van der Waals surface area contributed by atoms with Crippen molar-refractivity contribution in [1.82, 2.24) is 5.32 Å². The lowest BCUT2D eigenvalue weighted by Crippen LogP contribution is -2.37. The number of thiophene rings is 1. The first-order valence-corrected chi connectivity index (χ1v) is 7.11. The standard InChI is InChI=1S/C13H19NO2S/c15-12-6-2-1-4-10(12)9-14-13(16)8-11-5-3-7-17-11/h3,5,7,10,12,15H,1-2,4,6,8-9H2,(H,14,16). The van der Waals surface area contributed by atoms with Crippen molar-refractivity contribution in [3.63, 3.8) is 0 Å². The SMILES string of the molecule is O=C(Cc1cccs1)NCC1CCCCC1O. The Morgan fingerprint density at radius 3 is 3.00 bits per heavy atom. The summed E-state index contributed by atoms with van der Waals surface area (Å²) in [5, 5.41) is 14.7. The van der Waals surface area contributed by atoms with E-state index in [2.05, 4.69) is 5.32 Å². The summed E-state index contributed by atoms with van der Waals surface area (Å²) in [4.78, 5) is 12.8. The van der Waals surface area contributed by atoms with Gasteiger partial charge in [-0.05, 0) is 24.3 Å². The Labute approximate surface area is 106 Å². The van der Waals surface area contributed by atoms with Crippen LogP contribution in [0.15, 0.2) is 17.5 Å². The average molecular weight is 253 g/mol. The third kappa shape index (κ3) is 3.82. The molecule has 1 amide bonds. The minimum Gasteiger partial charge on any atom is -0.393 e. The van der Waals surface area contributed by atoms with Crippen LogP contribution in [0, 0.1) is 5.92 Å². The maximum absolute atomic E-state index is 11.7. The van der Waals surface area contributed by atoms with Gasteiger partial charge in [0.2, 0.25) is 5.91 Å². The number of aliphatic hydroxyl groups excluding tert-OH is 1. The number of aliphatic hydroxyl groups is 1. The monoisotopic (exact) mass is 253 g/mol. The summed E-state index contributed by atoms with van der Waals surface area (Å²) >= 11 is 1.60. The molecular weight excluding hydrogens is 234 g/mol. The molecule has 1 aliphatic rings. The van der Waals surface area contributed by atoms with E-state index in [0.29, 0.717) is 13.0 Å². The summed E-state index contributed by atoms with van der Waals surface area (Å²) in [6.07, 6.45) is 4.42. The molecule has 2 atom stereocenters. The Balaban J connectivity index is 1.72. The first-order chi connectivity index (χ1) is 8.25. The van der Waals surface area contributed by atoms with Crippen LogP contribution in [0.1, 0.15) is 30.6 Å². The zero-order valence-corrected chi connectivity index (χ0v) is 10.7. The molecule has 0 aliphatic heterocycles. The number of carbonyl (C=O) groups excluding carboxylic acids is 1. The molecule has 0 bridgehead atoms. The number of hydrogen-bond acceptors (Lipinski definition) is 3. The van der Waals surface area contributed by atoms with Gasteiger partial charge in [-0.1, -0.05) is 18.9 Å². The molecule has 4 heteroatoms. The molecule has 1 aromatic heterocycles. The van der Waals surface area contributed by atoms with Gasteiger partial charge >= 0.3 is 0 Å².